The average molecular weight is 275 g/mol. The number of carbonyl (C=O) groups excluding carboxylic acids is 2. The molecule has 4 N–H and O–H groups in total. The van der Waals surface area contributed by atoms with Crippen LogP contribution in [-0.2, 0) is 9.59 Å². The van der Waals surface area contributed by atoms with E-state index < -0.39 is 0 Å². The molecule has 1 aromatic rings. The van der Waals surface area contributed by atoms with E-state index in [4.69, 9.17) is 5.73 Å². The second-order valence-corrected chi connectivity index (χ2v) is 5.49. The maximum atomic E-state index is 12.1. The molecule has 1 aromatic carbocycles. The van der Waals surface area contributed by atoms with Crippen molar-refractivity contribution in [3.8, 4) is 0 Å². The van der Waals surface area contributed by atoms with Gasteiger partial charge < -0.3 is 16.4 Å². The average Bonchev–Trinajstić information content (AvgIpc) is 3.19. The quantitative estimate of drug-likeness (QED) is 0.762. The zero-order valence-electron chi connectivity index (χ0n) is 11.9. The van der Waals surface area contributed by atoms with Gasteiger partial charge in [0.2, 0.25) is 11.8 Å². The summed E-state index contributed by atoms with van der Waals surface area (Å²) in [5.74, 6) is -0.0867. The van der Waals surface area contributed by atoms with Crippen molar-refractivity contribution in [3.05, 3.63) is 29.8 Å². The van der Waals surface area contributed by atoms with Gasteiger partial charge in [-0.3, -0.25) is 9.59 Å². The van der Waals surface area contributed by atoms with E-state index in [-0.39, 0.29) is 23.3 Å². The maximum Gasteiger partial charge on any atom is 0.227 e. The smallest absolute Gasteiger partial charge is 0.227 e. The Morgan fingerprint density at radius 1 is 1.40 bits per heavy atom. The Morgan fingerprint density at radius 2 is 2.10 bits per heavy atom. The highest BCUT2D eigenvalue weighted by molar-refractivity contribution is 5.89. The Labute approximate surface area is 118 Å². The molecule has 1 aliphatic rings. The van der Waals surface area contributed by atoms with Crippen LogP contribution in [0.3, 0.4) is 0 Å². The molecule has 0 aromatic heterocycles. The Morgan fingerprint density at radius 3 is 2.65 bits per heavy atom. The van der Waals surface area contributed by atoms with Crippen LogP contribution < -0.4 is 16.4 Å². The van der Waals surface area contributed by atoms with E-state index >= 15 is 0 Å². The van der Waals surface area contributed by atoms with Crippen LogP contribution in [0.15, 0.2) is 24.3 Å². The predicted molar refractivity (Wildman–Crippen MR) is 78.0 cm³/mol. The monoisotopic (exact) mass is 275 g/mol. The highest BCUT2D eigenvalue weighted by Gasteiger charge is 2.48. The molecule has 108 valence electrons. The highest BCUT2D eigenvalue weighted by atomic mass is 16.2. The molecule has 1 fully saturated rings. The molecule has 5 nitrogen and oxygen atoms in total. The van der Waals surface area contributed by atoms with Crippen molar-refractivity contribution in [1.82, 2.24) is 5.32 Å². The van der Waals surface area contributed by atoms with Gasteiger partial charge in [0, 0.05) is 19.2 Å². The first-order valence-corrected chi connectivity index (χ1v) is 6.85. The molecule has 0 saturated heterocycles. The number of hydrogen-bond acceptors (Lipinski definition) is 3. The largest absolute Gasteiger partial charge is 0.349 e. The van der Waals surface area contributed by atoms with E-state index in [1.165, 1.54) is 6.92 Å². The lowest BCUT2D eigenvalue weighted by molar-refractivity contribution is -0.126. The third-order valence-electron chi connectivity index (χ3n) is 3.78. The minimum Gasteiger partial charge on any atom is -0.349 e. The Balaban J connectivity index is 2.03. The van der Waals surface area contributed by atoms with Gasteiger partial charge in [-0.2, -0.15) is 0 Å². The lowest BCUT2D eigenvalue weighted by atomic mass is 10.0. The molecule has 0 heterocycles. The van der Waals surface area contributed by atoms with Gasteiger partial charge in [0.1, 0.15) is 0 Å². The Hall–Kier alpha value is -1.88. The van der Waals surface area contributed by atoms with Crippen molar-refractivity contribution in [2.45, 2.75) is 32.7 Å². The van der Waals surface area contributed by atoms with Crippen LogP contribution in [0.2, 0.25) is 0 Å². The Bertz CT molecular complexity index is 524. The van der Waals surface area contributed by atoms with Crippen molar-refractivity contribution < 1.29 is 9.59 Å². The molecular formula is C15H21N3O2. The molecule has 2 rings (SSSR count). The van der Waals surface area contributed by atoms with E-state index in [1.807, 2.05) is 31.2 Å². The number of benzene rings is 1. The normalized spacial score (nSPS) is 17.1. The first-order valence-electron chi connectivity index (χ1n) is 6.85. The van der Waals surface area contributed by atoms with Crippen LogP contribution in [0.5, 0.6) is 0 Å². The lowest BCUT2D eigenvalue weighted by Crippen LogP contribution is -2.37. The Kier molecular flexibility index (Phi) is 4.09. The molecule has 0 radical (unpaired) electrons. The summed E-state index contributed by atoms with van der Waals surface area (Å²) in [7, 11) is 0. The van der Waals surface area contributed by atoms with Gasteiger partial charge in [-0.15, -0.1) is 0 Å². The van der Waals surface area contributed by atoms with Gasteiger partial charge in [-0.1, -0.05) is 12.1 Å². The van der Waals surface area contributed by atoms with Crippen molar-refractivity contribution in [1.29, 1.82) is 0 Å². The molecule has 0 spiro atoms. The van der Waals surface area contributed by atoms with Crippen molar-refractivity contribution in [3.63, 3.8) is 0 Å². The summed E-state index contributed by atoms with van der Waals surface area (Å²) in [4.78, 5) is 23.2. The number of nitrogens with two attached hydrogens (primary N) is 1. The third kappa shape index (κ3) is 3.17. The van der Waals surface area contributed by atoms with Crippen LogP contribution >= 0.6 is 0 Å². The van der Waals surface area contributed by atoms with Gasteiger partial charge in [-0.05, 0) is 37.5 Å². The fourth-order valence-corrected chi connectivity index (χ4v) is 2.20. The lowest BCUT2D eigenvalue weighted by Gasteiger charge is -2.19. The zero-order chi connectivity index (χ0) is 14.8. The van der Waals surface area contributed by atoms with Crippen LogP contribution in [0.1, 0.15) is 38.3 Å². The summed E-state index contributed by atoms with van der Waals surface area (Å²) in [6.07, 6.45) is 1.74. The van der Waals surface area contributed by atoms with Crippen LogP contribution in [-0.4, -0.2) is 18.4 Å². The SMILES string of the molecule is CC(=O)Nc1cccc(C(C)NC(=O)C2(CN)CC2)c1. The van der Waals surface area contributed by atoms with Gasteiger partial charge in [0.15, 0.2) is 0 Å². The summed E-state index contributed by atoms with van der Waals surface area (Å²) >= 11 is 0. The molecule has 0 aliphatic heterocycles. The molecule has 1 saturated carbocycles. The number of rotatable bonds is 5. The second-order valence-electron chi connectivity index (χ2n) is 5.49. The fraction of sp³-hybridized carbons (Fsp3) is 0.467. The van der Waals surface area contributed by atoms with E-state index in [9.17, 15) is 9.59 Å². The first kappa shape index (κ1) is 14.5. The highest BCUT2D eigenvalue weighted by Crippen LogP contribution is 2.45. The van der Waals surface area contributed by atoms with Crippen LogP contribution in [0.4, 0.5) is 5.69 Å². The number of amides is 2. The van der Waals surface area contributed by atoms with Crippen molar-refractivity contribution in [2.24, 2.45) is 11.1 Å². The second kappa shape index (κ2) is 5.63. The molecular weight excluding hydrogens is 254 g/mol. The van der Waals surface area contributed by atoms with E-state index in [1.54, 1.807) is 0 Å². The van der Waals surface area contributed by atoms with Gasteiger partial charge in [0.05, 0.1) is 11.5 Å². The molecule has 1 atom stereocenters. The van der Waals surface area contributed by atoms with Crippen molar-refractivity contribution in [2.75, 3.05) is 11.9 Å². The molecule has 20 heavy (non-hydrogen) atoms. The number of nitrogens with one attached hydrogen (secondary N) is 2. The minimum absolute atomic E-state index is 0.0254. The summed E-state index contributed by atoms with van der Waals surface area (Å²) < 4.78 is 0. The van der Waals surface area contributed by atoms with Gasteiger partial charge in [0.25, 0.3) is 0 Å². The van der Waals surface area contributed by atoms with Crippen LogP contribution in [0.25, 0.3) is 0 Å². The van der Waals surface area contributed by atoms with E-state index in [2.05, 4.69) is 10.6 Å². The minimum atomic E-state index is -0.344. The number of anilines is 1. The predicted octanol–water partition coefficient (Wildman–Crippen LogP) is 1.56. The summed E-state index contributed by atoms with van der Waals surface area (Å²) in [5.41, 5.74) is 7.00. The van der Waals surface area contributed by atoms with Gasteiger partial charge >= 0.3 is 0 Å². The third-order valence-corrected chi connectivity index (χ3v) is 3.78. The molecule has 1 unspecified atom stereocenters. The summed E-state index contributed by atoms with van der Waals surface area (Å²) in [5, 5.41) is 5.73. The zero-order valence-corrected chi connectivity index (χ0v) is 11.9. The summed E-state index contributed by atoms with van der Waals surface area (Å²) in [6, 6.07) is 7.37. The fourth-order valence-electron chi connectivity index (χ4n) is 2.20. The molecule has 0 bridgehead atoms. The van der Waals surface area contributed by atoms with Crippen molar-refractivity contribution >= 4 is 17.5 Å². The summed E-state index contributed by atoms with van der Waals surface area (Å²) in [6.45, 7) is 3.80. The van der Waals surface area contributed by atoms with Gasteiger partial charge in [-0.25, -0.2) is 0 Å². The number of carbonyl (C=O) groups is 2. The molecule has 1 aliphatic carbocycles. The van der Waals surface area contributed by atoms with E-state index in [0.29, 0.717) is 6.54 Å². The molecule has 2 amide bonds. The topological polar surface area (TPSA) is 84.2 Å². The van der Waals surface area contributed by atoms with E-state index in [0.717, 1.165) is 24.1 Å². The van der Waals surface area contributed by atoms with Crippen LogP contribution in [0, 0.1) is 5.41 Å². The first-order chi connectivity index (χ1) is 9.47. The standard InChI is InChI=1S/C15H21N3O2/c1-10(17-14(20)15(9-16)6-7-15)12-4-3-5-13(8-12)18-11(2)19/h3-5,8,10H,6-7,9,16H2,1-2H3,(H,17,20)(H,18,19). The maximum absolute atomic E-state index is 12.1. The molecule has 5 heteroatoms. The number of hydrogen-bond donors (Lipinski definition) is 3.